The average Bonchev–Trinajstić information content (AvgIpc) is 2.95. The van der Waals surface area contributed by atoms with Crippen molar-refractivity contribution >= 4 is 40.7 Å². The molecule has 0 bridgehead atoms. The molecule has 0 radical (unpaired) electrons. The molecule has 1 aliphatic heterocycles. The maximum atomic E-state index is 12.3. The number of amides is 2. The minimum absolute atomic E-state index is 0.119. The molecule has 1 aromatic heterocycles. The zero-order chi connectivity index (χ0) is 17.1. The molecular weight excluding hydrogens is 349 g/mol. The standard InChI is InChI=1S/C17H15Cl2N3O2/c18-12-6-13(19)8-15(7-12)22-10-11(5-16(22)23)17(24)21-9-14-3-1-2-4-20-14/h1-4,6-8,11H,5,9-10H2,(H,21,24). The number of rotatable bonds is 4. The van der Waals surface area contributed by atoms with Gasteiger partial charge in [0, 0.05) is 34.9 Å². The van der Waals surface area contributed by atoms with Gasteiger partial charge in [-0.2, -0.15) is 0 Å². The number of nitrogens with zero attached hydrogens (tertiary/aromatic N) is 2. The van der Waals surface area contributed by atoms with Crippen molar-refractivity contribution in [3.63, 3.8) is 0 Å². The van der Waals surface area contributed by atoms with Gasteiger partial charge in [-0.05, 0) is 30.3 Å². The fourth-order valence-corrected chi connectivity index (χ4v) is 3.17. The van der Waals surface area contributed by atoms with E-state index in [0.29, 0.717) is 28.8 Å². The first-order chi connectivity index (χ1) is 11.5. The van der Waals surface area contributed by atoms with Gasteiger partial charge < -0.3 is 10.2 Å². The number of carbonyl (C=O) groups is 2. The van der Waals surface area contributed by atoms with Crippen LogP contribution in [0, 0.1) is 5.92 Å². The van der Waals surface area contributed by atoms with E-state index < -0.39 is 5.92 Å². The number of pyridine rings is 1. The molecule has 3 rings (SSSR count). The number of halogens is 2. The SMILES string of the molecule is O=C(NCc1ccccn1)C1CC(=O)N(c2cc(Cl)cc(Cl)c2)C1. The van der Waals surface area contributed by atoms with Crippen LogP contribution in [0.2, 0.25) is 10.0 Å². The highest BCUT2D eigenvalue weighted by Crippen LogP contribution is 2.30. The van der Waals surface area contributed by atoms with Crippen LogP contribution in [-0.4, -0.2) is 23.3 Å². The van der Waals surface area contributed by atoms with E-state index in [-0.39, 0.29) is 18.2 Å². The Hall–Kier alpha value is -2.11. The lowest BCUT2D eigenvalue weighted by Crippen LogP contribution is -2.32. The molecule has 1 N–H and O–H groups in total. The van der Waals surface area contributed by atoms with Crippen LogP contribution in [0.15, 0.2) is 42.6 Å². The number of carbonyl (C=O) groups excluding carboxylic acids is 2. The van der Waals surface area contributed by atoms with Gasteiger partial charge in [0.1, 0.15) is 0 Å². The molecule has 0 saturated carbocycles. The number of anilines is 1. The molecule has 2 aromatic rings. The molecule has 0 aliphatic carbocycles. The van der Waals surface area contributed by atoms with Gasteiger partial charge in [-0.1, -0.05) is 29.3 Å². The van der Waals surface area contributed by atoms with Crippen LogP contribution in [0.1, 0.15) is 12.1 Å². The quantitative estimate of drug-likeness (QED) is 0.907. The van der Waals surface area contributed by atoms with Gasteiger partial charge in [-0.15, -0.1) is 0 Å². The van der Waals surface area contributed by atoms with Crippen molar-refractivity contribution in [2.24, 2.45) is 5.92 Å². The molecule has 7 heteroatoms. The van der Waals surface area contributed by atoms with Crippen molar-refractivity contribution in [2.75, 3.05) is 11.4 Å². The minimum Gasteiger partial charge on any atom is -0.350 e. The van der Waals surface area contributed by atoms with E-state index in [4.69, 9.17) is 23.2 Å². The first-order valence-corrected chi connectivity index (χ1v) is 8.22. The predicted octanol–water partition coefficient (Wildman–Crippen LogP) is 3.06. The van der Waals surface area contributed by atoms with Crippen LogP contribution in [0.25, 0.3) is 0 Å². The molecule has 1 saturated heterocycles. The normalized spacial score (nSPS) is 17.2. The summed E-state index contributed by atoms with van der Waals surface area (Å²) in [4.78, 5) is 30.2. The van der Waals surface area contributed by atoms with E-state index in [1.807, 2.05) is 18.2 Å². The van der Waals surface area contributed by atoms with E-state index in [1.54, 1.807) is 29.3 Å². The van der Waals surface area contributed by atoms with Gasteiger partial charge in [-0.3, -0.25) is 14.6 Å². The average molecular weight is 364 g/mol. The maximum absolute atomic E-state index is 12.3. The Morgan fingerprint density at radius 1 is 1.25 bits per heavy atom. The zero-order valence-electron chi connectivity index (χ0n) is 12.7. The van der Waals surface area contributed by atoms with Gasteiger partial charge in [-0.25, -0.2) is 0 Å². The second-order valence-corrected chi connectivity index (χ2v) is 6.44. The maximum Gasteiger partial charge on any atom is 0.227 e. The largest absolute Gasteiger partial charge is 0.350 e. The summed E-state index contributed by atoms with van der Waals surface area (Å²) in [5.41, 5.74) is 1.38. The molecule has 24 heavy (non-hydrogen) atoms. The predicted molar refractivity (Wildman–Crippen MR) is 93.0 cm³/mol. The zero-order valence-corrected chi connectivity index (χ0v) is 14.2. The van der Waals surface area contributed by atoms with E-state index in [1.165, 1.54) is 0 Å². The molecule has 2 heterocycles. The Morgan fingerprint density at radius 2 is 2.00 bits per heavy atom. The number of hydrogen-bond donors (Lipinski definition) is 1. The Bertz CT molecular complexity index is 747. The van der Waals surface area contributed by atoms with Crippen LogP contribution in [0.5, 0.6) is 0 Å². The third-order valence-corrected chi connectivity index (χ3v) is 4.26. The Kier molecular flexibility index (Phi) is 5.02. The summed E-state index contributed by atoms with van der Waals surface area (Å²) in [5.74, 6) is -0.685. The molecule has 0 spiro atoms. The summed E-state index contributed by atoms with van der Waals surface area (Å²) in [6, 6.07) is 10.4. The lowest BCUT2D eigenvalue weighted by Gasteiger charge is -2.17. The fraction of sp³-hybridized carbons (Fsp3) is 0.235. The minimum atomic E-state index is -0.404. The topological polar surface area (TPSA) is 62.3 Å². The summed E-state index contributed by atoms with van der Waals surface area (Å²) in [5, 5.41) is 3.73. The van der Waals surface area contributed by atoms with Gasteiger partial charge in [0.15, 0.2) is 0 Å². The van der Waals surface area contributed by atoms with Crippen molar-refractivity contribution in [1.29, 1.82) is 0 Å². The van der Waals surface area contributed by atoms with Crippen LogP contribution in [0.4, 0.5) is 5.69 Å². The fourth-order valence-electron chi connectivity index (χ4n) is 2.65. The third-order valence-electron chi connectivity index (χ3n) is 3.82. The summed E-state index contributed by atoms with van der Waals surface area (Å²) in [7, 11) is 0. The van der Waals surface area contributed by atoms with Gasteiger partial charge in [0.2, 0.25) is 11.8 Å². The molecule has 1 aromatic carbocycles. The molecule has 1 aliphatic rings. The molecule has 1 atom stereocenters. The lowest BCUT2D eigenvalue weighted by atomic mass is 10.1. The summed E-state index contributed by atoms with van der Waals surface area (Å²) in [6.45, 7) is 0.650. The van der Waals surface area contributed by atoms with Gasteiger partial charge in [0.25, 0.3) is 0 Å². The second kappa shape index (κ2) is 7.20. The van der Waals surface area contributed by atoms with E-state index in [0.717, 1.165) is 5.69 Å². The molecule has 1 fully saturated rings. The van der Waals surface area contributed by atoms with Crippen molar-refractivity contribution in [1.82, 2.24) is 10.3 Å². The summed E-state index contributed by atoms with van der Waals surface area (Å²) < 4.78 is 0. The summed E-state index contributed by atoms with van der Waals surface area (Å²) >= 11 is 12.0. The Balaban J connectivity index is 1.64. The number of hydrogen-bond acceptors (Lipinski definition) is 3. The monoisotopic (exact) mass is 363 g/mol. The Labute approximate surface area is 149 Å². The number of nitrogens with one attached hydrogen (secondary N) is 1. The Morgan fingerprint density at radius 3 is 2.67 bits per heavy atom. The highest BCUT2D eigenvalue weighted by Gasteiger charge is 2.35. The smallest absolute Gasteiger partial charge is 0.227 e. The lowest BCUT2D eigenvalue weighted by molar-refractivity contribution is -0.126. The van der Waals surface area contributed by atoms with Crippen molar-refractivity contribution in [2.45, 2.75) is 13.0 Å². The highest BCUT2D eigenvalue weighted by molar-refractivity contribution is 6.35. The molecular formula is C17H15Cl2N3O2. The van der Waals surface area contributed by atoms with E-state index in [2.05, 4.69) is 10.3 Å². The van der Waals surface area contributed by atoms with Crippen molar-refractivity contribution in [3.05, 3.63) is 58.3 Å². The van der Waals surface area contributed by atoms with E-state index >= 15 is 0 Å². The third kappa shape index (κ3) is 3.86. The van der Waals surface area contributed by atoms with Crippen molar-refractivity contribution < 1.29 is 9.59 Å². The van der Waals surface area contributed by atoms with Crippen LogP contribution in [0.3, 0.4) is 0 Å². The van der Waals surface area contributed by atoms with Crippen LogP contribution < -0.4 is 10.2 Å². The molecule has 1 unspecified atom stereocenters. The van der Waals surface area contributed by atoms with Crippen molar-refractivity contribution in [3.8, 4) is 0 Å². The van der Waals surface area contributed by atoms with Crippen LogP contribution >= 0.6 is 23.2 Å². The summed E-state index contributed by atoms with van der Waals surface area (Å²) in [6.07, 6.45) is 1.84. The molecule has 2 amide bonds. The van der Waals surface area contributed by atoms with Gasteiger partial charge >= 0.3 is 0 Å². The highest BCUT2D eigenvalue weighted by atomic mass is 35.5. The van der Waals surface area contributed by atoms with Gasteiger partial charge in [0.05, 0.1) is 18.2 Å². The van der Waals surface area contributed by atoms with E-state index in [9.17, 15) is 9.59 Å². The molecule has 5 nitrogen and oxygen atoms in total. The first kappa shape index (κ1) is 16.7. The van der Waals surface area contributed by atoms with Crippen LogP contribution in [-0.2, 0) is 16.1 Å². The second-order valence-electron chi connectivity index (χ2n) is 5.57. The molecule has 124 valence electrons. The number of aromatic nitrogens is 1. The number of benzene rings is 1. The first-order valence-electron chi connectivity index (χ1n) is 7.47.